The van der Waals surface area contributed by atoms with E-state index in [1.54, 1.807) is 37.5 Å². The summed E-state index contributed by atoms with van der Waals surface area (Å²) in [6, 6.07) is 14.0. The summed E-state index contributed by atoms with van der Waals surface area (Å²) in [6.07, 6.45) is 3.27. The molecule has 0 spiro atoms. The van der Waals surface area contributed by atoms with Crippen LogP contribution >= 0.6 is 0 Å². The van der Waals surface area contributed by atoms with Crippen LogP contribution in [0.1, 0.15) is 12.5 Å². The quantitative estimate of drug-likeness (QED) is 0.788. The summed E-state index contributed by atoms with van der Waals surface area (Å²) in [7, 11) is 1.59. The number of rotatable bonds is 5. The van der Waals surface area contributed by atoms with E-state index in [4.69, 9.17) is 4.74 Å². The van der Waals surface area contributed by atoms with Gasteiger partial charge in [0.1, 0.15) is 5.75 Å². The van der Waals surface area contributed by atoms with Crippen LogP contribution < -0.4 is 20.7 Å². The van der Waals surface area contributed by atoms with Crippen molar-refractivity contribution in [3.8, 4) is 5.75 Å². The van der Waals surface area contributed by atoms with E-state index >= 15 is 0 Å². The fourth-order valence-corrected chi connectivity index (χ4v) is 2.06. The van der Waals surface area contributed by atoms with Gasteiger partial charge in [-0.05, 0) is 30.3 Å². The summed E-state index contributed by atoms with van der Waals surface area (Å²) in [5.74, 6) is 0.551. The molecule has 0 heterocycles. The molecule has 0 fully saturated rings. The number of ether oxygens (including phenoxy) is 1. The van der Waals surface area contributed by atoms with Gasteiger partial charge in [-0.2, -0.15) is 0 Å². The standard InChI is InChI=1S/C18H19N3O3/c1-13(22)20-15-7-5-8-16(12-15)21-18(23)19-11-10-14-6-3-4-9-17(14)24-2/h3-12H,1-2H3,(H,20,22)(H2,19,21,23)/b11-10+. The lowest BCUT2D eigenvalue weighted by Gasteiger charge is -2.07. The van der Waals surface area contributed by atoms with Crippen LogP contribution in [0.2, 0.25) is 0 Å². The Morgan fingerprint density at radius 3 is 2.42 bits per heavy atom. The Labute approximate surface area is 140 Å². The lowest BCUT2D eigenvalue weighted by molar-refractivity contribution is -0.114. The maximum atomic E-state index is 11.9. The molecule has 2 aromatic carbocycles. The van der Waals surface area contributed by atoms with Crippen molar-refractivity contribution >= 4 is 29.4 Å². The van der Waals surface area contributed by atoms with Crippen LogP contribution in [-0.4, -0.2) is 19.0 Å². The average molecular weight is 325 g/mol. The highest BCUT2D eigenvalue weighted by molar-refractivity contribution is 5.93. The number of para-hydroxylation sites is 1. The van der Waals surface area contributed by atoms with Gasteiger partial charge in [-0.25, -0.2) is 4.79 Å². The zero-order valence-corrected chi connectivity index (χ0v) is 13.5. The Kier molecular flexibility index (Phi) is 5.96. The molecule has 0 aliphatic heterocycles. The van der Waals surface area contributed by atoms with Gasteiger partial charge >= 0.3 is 6.03 Å². The third-order valence-corrected chi connectivity index (χ3v) is 3.06. The second-order valence-corrected chi connectivity index (χ2v) is 4.94. The normalized spacial score (nSPS) is 10.2. The second-order valence-electron chi connectivity index (χ2n) is 4.94. The number of anilines is 2. The number of amides is 3. The number of methoxy groups -OCH3 is 1. The maximum absolute atomic E-state index is 11.9. The number of urea groups is 1. The molecule has 0 aliphatic carbocycles. The van der Waals surface area contributed by atoms with Crippen molar-refractivity contribution in [1.29, 1.82) is 0 Å². The molecule has 0 saturated carbocycles. The molecular weight excluding hydrogens is 306 g/mol. The van der Waals surface area contributed by atoms with Crippen molar-refractivity contribution < 1.29 is 14.3 Å². The first kappa shape index (κ1) is 17.1. The molecule has 0 bridgehead atoms. The molecule has 2 rings (SSSR count). The predicted octanol–water partition coefficient (Wildman–Crippen LogP) is 3.45. The van der Waals surface area contributed by atoms with E-state index in [1.165, 1.54) is 13.1 Å². The van der Waals surface area contributed by atoms with Gasteiger partial charge in [0.25, 0.3) is 0 Å². The summed E-state index contributed by atoms with van der Waals surface area (Å²) < 4.78 is 5.23. The van der Waals surface area contributed by atoms with Crippen molar-refractivity contribution in [3.05, 3.63) is 60.3 Å². The maximum Gasteiger partial charge on any atom is 0.323 e. The van der Waals surface area contributed by atoms with Crippen LogP contribution in [0.25, 0.3) is 6.08 Å². The molecule has 3 amide bonds. The zero-order valence-electron chi connectivity index (χ0n) is 13.5. The van der Waals surface area contributed by atoms with Crippen molar-refractivity contribution in [2.24, 2.45) is 0 Å². The van der Waals surface area contributed by atoms with Crippen molar-refractivity contribution in [2.45, 2.75) is 6.92 Å². The molecule has 3 N–H and O–H groups in total. The monoisotopic (exact) mass is 325 g/mol. The molecule has 24 heavy (non-hydrogen) atoms. The Morgan fingerprint density at radius 1 is 1.00 bits per heavy atom. The summed E-state index contributed by atoms with van der Waals surface area (Å²) in [5.41, 5.74) is 2.04. The van der Waals surface area contributed by atoms with Gasteiger partial charge in [0.15, 0.2) is 0 Å². The van der Waals surface area contributed by atoms with Crippen molar-refractivity contribution in [3.63, 3.8) is 0 Å². The number of hydrogen-bond donors (Lipinski definition) is 3. The van der Waals surface area contributed by atoms with Gasteiger partial charge in [0.05, 0.1) is 7.11 Å². The summed E-state index contributed by atoms with van der Waals surface area (Å²) in [4.78, 5) is 22.9. The van der Waals surface area contributed by atoms with Crippen molar-refractivity contribution in [2.75, 3.05) is 17.7 Å². The summed E-state index contributed by atoms with van der Waals surface area (Å²) in [6.45, 7) is 1.43. The zero-order chi connectivity index (χ0) is 17.4. The molecule has 6 heteroatoms. The van der Waals surface area contributed by atoms with Crippen LogP contribution in [0.4, 0.5) is 16.2 Å². The molecule has 0 aromatic heterocycles. The minimum absolute atomic E-state index is 0.170. The smallest absolute Gasteiger partial charge is 0.323 e. The second kappa shape index (κ2) is 8.38. The Balaban J connectivity index is 1.94. The first-order chi connectivity index (χ1) is 11.6. The van der Waals surface area contributed by atoms with Crippen LogP contribution in [0.5, 0.6) is 5.75 Å². The number of carbonyl (C=O) groups excluding carboxylic acids is 2. The van der Waals surface area contributed by atoms with Gasteiger partial charge in [-0.3, -0.25) is 4.79 Å². The molecule has 0 unspecified atom stereocenters. The number of benzene rings is 2. The van der Waals surface area contributed by atoms with Gasteiger partial charge in [0, 0.05) is 30.1 Å². The third-order valence-electron chi connectivity index (χ3n) is 3.06. The van der Waals surface area contributed by atoms with Crippen LogP contribution in [0.15, 0.2) is 54.7 Å². The van der Waals surface area contributed by atoms with E-state index in [9.17, 15) is 9.59 Å². The Morgan fingerprint density at radius 2 is 1.71 bits per heavy atom. The molecule has 0 radical (unpaired) electrons. The lowest BCUT2D eigenvalue weighted by Crippen LogP contribution is -2.23. The summed E-state index contributed by atoms with van der Waals surface area (Å²) >= 11 is 0. The number of carbonyl (C=O) groups is 2. The fourth-order valence-electron chi connectivity index (χ4n) is 2.06. The SMILES string of the molecule is COc1ccccc1/C=C/NC(=O)Nc1cccc(NC(C)=O)c1. The third kappa shape index (κ3) is 5.17. The Bertz CT molecular complexity index is 757. The highest BCUT2D eigenvalue weighted by Gasteiger charge is 2.02. The highest BCUT2D eigenvalue weighted by Crippen LogP contribution is 2.18. The van der Waals surface area contributed by atoms with Crippen molar-refractivity contribution in [1.82, 2.24) is 5.32 Å². The molecule has 6 nitrogen and oxygen atoms in total. The van der Waals surface area contributed by atoms with E-state index in [0.29, 0.717) is 11.4 Å². The fraction of sp³-hybridized carbons (Fsp3) is 0.111. The number of hydrogen-bond acceptors (Lipinski definition) is 3. The van der Waals surface area contributed by atoms with E-state index < -0.39 is 0 Å². The molecule has 124 valence electrons. The van der Waals surface area contributed by atoms with E-state index in [1.807, 2.05) is 24.3 Å². The molecule has 0 atom stereocenters. The average Bonchev–Trinajstić information content (AvgIpc) is 2.55. The first-order valence-electron chi connectivity index (χ1n) is 7.33. The molecule has 0 aliphatic rings. The molecule has 2 aromatic rings. The van der Waals surface area contributed by atoms with Gasteiger partial charge in [-0.15, -0.1) is 0 Å². The van der Waals surface area contributed by atoms with E-state index in [0.717, 1.165) is 11.3 Å². The van der Waals surface area contributed by atoms with Crippen LogP contribution in [0.3, 0.4) is 0 Å². The highest BCUT2D eigenvalue weighted by atomic mass is 16.5. The largest absolute Gasteiger partial charge is 0.496 e. The minimum Gasteiger partial charge on any atom is -0.496 e. The van der Waals surface area contributed by atoms with Gasteiger partial charge in [0.2, 0.25) is 5.91 Å². The first-order valence-corrected chi connectivity index (χ1v) is 7.33. The van der Waals surface area contributed by atoms with Gasteiger partial charge < -0.3 is 20.7 Å². The molecular formula is C18H19N3O3. The van der Waals surface area contributed by atoms with Crippen LogP contribution in [0, 0.1) is 0 Å². The van der Waals surface area contributed by atoms with Crippen LogP contribution in [-0.2, 0) is 4.79 Å². The summed E-state index contributed by atoms with van der Waals surface area (Å²) in [5, 5.41) is 7.96. The minimum atomic E-state index is -0.388. The van der Waals surface area contributed by atoms with E-state index in [-0.39, 0.29) is 11.9 Å². The Hall–Kier alpha value is -3.28. The number of nitrogens with one attached hydrogen (secondary N) is 3. The van der Waals surface area contributed by atoms with E-state index in [2.05, 4.69) is 16.0 Å². The predicted molar refractivity (Wildman–Crippen MR) is 94.9 cm³/mol. The van der Waals surface area contributed by atoms with Gasteiger partial charge in [-0.1, -0.05) is 24.3 Å². The topological polar surface area (TPSA) is 79.5 Å². The molecule has 0 saturated heterocycles. The lowest BCUT2D eigenvalue weighted by atomic mass is 10.2.